The lowest BCUT2D eigenvalue weighted by molar-refractivity contribution is -0.127. The third kappa shape index (κ3) is 3.58. The van der Waals surface area contributed by atoms with Gasteiger partial charge in [-0.3, -0.25) is 4.79 Å². The van der Waals surface area contributed by atoms with Crippen molar-refractivity contribution in [3.63, 3.8) is 0 Å². The molecule has 0 bridgehead atoms. The fourth-order valence-electron chi connectivity index (χ4n) is 1.62. The van der Waals surface area contributed by atoms with Gasteiger partial charge in [-0.15, -0.1) is 11.3 Å². The molecule has 1 aromatic carbocycles. The van der Waals surface area contributed by atoms with E-state index in [1.165, 1.54) is 11.8 Å². The lowest BCUT2D eigenvalue weighted by Gasteiger charge is -2.14. The molecule has 0 radical (unpaired) electrons. The van der Waals surface area contributed by atoms with E-state index < -0.39 is 0 Å². The molecule has 2 rings (SSSR count). The third-order valence-electron chi connectivity index (χ3n) is 2.62. The first kappa shape index (κ1) is 14.1. The van der Waals surface area contributed by atoms with Crippen molar-refractivity contribution in [3.05, 3.63) is 35.7 Å². The normalized spacial score (nSPS) is 12.2. The van der Waals surface area contributed by atoms with Crippen LogP contribution in [0.15, 0.2) is 40.1 Å². The van der Waals surface area contributed by atoms with Gasteiger partial charge in [0.25, 0.3) is 0 Å². The molecule has 0 saturated heterocycles. The van der Waals surface area contributed by atoms with Crippen LogP contribution in [0.2, 0.25) is 0 Å². The minimum absolute atomic E-state index is 0.107. The number of carbonyl (C=O) groups is 1. The number of aromatic nitrogens is 1. The number of benzene rings is 1. The van der Waals surface area contributed by atoms with Gasteiger partial charge in [0.15, 0.2) is 4.34 Å². The lowest BCUT2D eigenvalue weighted by Crippen LogP contribution is -2.29. The summed E-state index contributed by atoms with van der Waals surface area (Å²) in [7, 11) is 3.55. The van der Waals surface area contributed by atoms with Crippen molar-refractivity contribution in [1.29, 1.82) is 0 Å². The summed E-state index contributed by atoms with van der Waals surface area (Å²) < 4.78 is 0.932. The Kier molecular flexibility index (Phi) is 4.61. The highest BCUT2D eigenvalue weighted by molar-refractivity contribution is 8.02. The summed E-state index contributed by atoms with van der Waals surface area (Å²) in [6.07, 6.45) is 0. The number of hydrogen-bond donors (Lipinski definition) is 0. The summed E-state index contributed by atoms with van der Waals surface area (Å²) in [6, 6.07) is 10.1. The van der Waals surface area contributed by atoms with Crippen LogP contribution in [0.25, 0.3) is 11.3 Å². The van der Waals surface area contributed by atoms with Gasteiger partial charge in [-0.2, -0.15) is 0 Å². The molecule has 0 saturated carbocycles. The van der Waals surface area contributed by atoms with Crippen LogP contribution in [0.3, 0.4) is 0 Å². The largest absolute Gasteiger partial charge is 0.348 e. The van der Waals surface area contributed by atoms with Crippen LogP contribution in [0.4, 0.5) is 0 Å². The van der Waals surface area contributed by atoms with E-state index in [0.717, 1.165) is 15.6 Å². The topological polar surface area (TPSA) is 33.2 Å². The van der Waals surface area contributed by atoms with Gasteiger partial charge >= 0.3 is 0 Å². The average molecular weight is 292 g/mol. The summed E-state index contributed by atoms with van der Waals surface area (Å²) >= 11 is 3.09. The van der Waals surface area contributed by atoms with Gasteiger partial charge in [-0.25, -0.2) is 4.98 Å². The predicted molar refractivity (Wildman–Crippen MR) is 81.6 cm³/mol. The molecule has 1 atom stereocenters. The van der Waals surface area contributed by atoms with Crippen molar-refractivity contribution >= 4 is 29.0 Å². The van der Waals surface area contributed by atoms with E-state index in [4.69, 9.17) is 0 Å². The van der Waals surface area contributed by atoms with E-state index in [1.807, 2.05) is 42.6 Å². The van der Waals surface area contributed by atoms with Crippen LogP contribution in [-0.4, -0.2) is 35.1 Å². The Labute approximate surface area is 121 Å². The minimum atomic E-state index is -0.107. The molecule has 1 amide bonds. The number of hydrogen-bond acceptors (Lipinski definition) is 4. The van der Waals surface area contributed by atoms with Crippen molar-refractivity contribution in [3.8, 4) is 11.3 Å². The first-order valence-electron chi connectivity index (χ1n) is 5.96. The highest BCUT2D eigenvalue weighted by atomic mass is 32.2. The summed E-state index contributed by atoms with van der Waals surface area (Å²) in [6.45, 7) is 1.91. The van der Waals surface area contributed by atoms with E-state index in [2.05, 4.69) is 4.98 Å². The van der Waals surface area contributed by atoms with E-state index in [0.29, 0.717) is 0 Å². The van der Waals surface area contributed by atoms with Crippen LogP contribution in [0, 0.1) is 0 Å². The first-order chi connectivity index (χ1) is 9.08. The van der Waals surface area contributed by atoms with Crippen molar-refractivity contribution in [1.82, 2.24) is 9.88 Å². The molecule has 3 nitrogen and oxygen atoms in total. The maximum Gasteiger partial charge on any atom is 0.235 e. The van der Waals surface area contributed by atoms with Gasteiger partial charge in [-0.1, -0.05) is 42.1 Å². The third-order valence-corrected chi connectivity index (χ3v) is 4.68. The van der Waals surface area contributed by atoms with Crippen LogP contribution >= 0.6 is 23.1 Å². The standard InChI is InChI=1S/C14H16N2OS2/c1-10(13(17)16(2)3)19-14-15-12(9-18-14)11-7-5-4-6-8-11/h4-10H,1-3H3. The molecule has 19 heavy (non-hydrogen) atoms. The van der Waals surface area contributed by atoms with Gasteiger partial charge in [0, 0.05) is 25.0 Å². The summed E-state index contributed by atoms with van der Waals surface area (Å²) in [5.74, 6) is 0.112. The summed E-state index contributed by atoms with van der Waals surface area (Å²) in [5.41, 5.74) is 2.08. The zero-order valence-corrected chi connectivity index (χ0v) is 12.8. The minimum Gasteiger partial charge on any atom is -0.348 e. The van der Waals surface area contributed by atoms with Gasteiger partial charge in [-0.05, 0) is 6.92 Å². The van der Waals surface area contributed by atoms with Crippen LogP contribution in [-0.2, 0) is 4.79 Å². The second kappa shape index (κ2) is 6.21. The maximum absolute atomic E-state index is 11.8. The Morgan fingerprint density at radius 2 is 2.00 bits per heavy atom. The number of thiazole rings is 1. The van der Waals surface area contributed by atoms with Crippen LogP contribution in [0.1, 0.15) is 6.92 Å². The molecule has 0 fully saturated rings. The van der Waals surface area contributed by atoms with Gasteiger partial charge in [0.05, 0.1) is 10.9 Å². The molecule has 0 aliphatic rings. The molecule has 100 valence electrons. The number of carbonyl (C=O) groups excluding carboxylic acids is 1. The van der Waals surface area contributed by atoms with E-state index in [9.17, 15) is 4.79 Å². The Bertz CT molecular complexity index is 552. The Hall–Kier alpha value is -1.33. The molecule has 0 aliphatic carbocycles. The van der Waals surface area contributed by atoms with Gasteiger partial charge in [0.1, 0.15) is 0 Å². The number of rotatable bonds is 4. The second-order valence-electron chi connectivity index (χ2n) is 4.36. The first-order valence-corrected chi connectivity index (χ1v) is 7.72. The molecular formula is C14H16N2OS2. The van der Waals surface area contributed by atoms with Crippen molar-refractivity contribution in [2.24, 2.45) is 0 Å². The molecule has 1 heterocycles. The average Bonchev–Trinajstić information content (AvgIpc) is 2.87. The quantitative estimate of drug-likeness (QED) is 0.810. The smallest absolute Gasteiger partial charge is 0.235 e. The number of nitrogens with zero attached hydrogens (tertiary/aromatic N) is 2. The van der Waals surface area contributed by atoms with E-state index in [-0.39, 0.29) is 11.2 Å². The van der Waals surface area contributed by atoms with Crippen molar-refractivity contribution in [2.45, 2.75) is 16.5 Å². The summed E-state index contributed by atoms with van der Waals surface area (Å²) in [4.78, 5) is 18.0. The van der Waals surface area contributed by atoms with Gasteiger partial charge < -0.3 is 4.90 Å². The molecule has 0 aliphatic heterocycles. The Morgan fingerprint density at radius 3 is 2.63 bits per heavy atom. The van der Waals surface area contributed by atoms with E-state index in [1.54, 1.807) is 30.3 Å². The Balaban J connectivity index is 2.08. The second-order valence-corrected chi connectivity index (χ2v) is 6.80. The van der Waals surface area contributed by atoms with E-state index >= 15 is 0 Å². The molecule has 5 heteroatoms. The fourth-order valence-corrected chi connectivity index (χ4v) is 3.74. The molecule has 0 spiro atoms. The number of amides is 1. The highest BCUT2D eigenvalue weighted by Gasteiger charge is 2.18. The molecule has 1 unspecified atom stereocenters. The molecular weight excluding hydrogens is 276 g/mol. The lowest BCUT2D eigenvalue weighted by atomic mass is 10.2. The SMILES string of the molecule is CC(Sc1nc(-c2ccccc2)cs1)C(=O)N(C)C. The molecule has 1 aromatic heterocycles. The van der Waals surface area contributed by atoms with Crippen molar-refractivity contribution < 1.29 is 4.79 Å². The van der Waals surface area contributed by atoms with Gasteiger partial charge in [0.2, 0.25) is 5.91 Å². The zero-order valence-electron chi connectivity index (χ0n) is 11.2. The Morgan fingerprint density at radius 1 is 1.32 bits per heavy atom. The zero-order chi connectivity index (χ0) is 13.8. The summed E-state index contributed by atoms with van der Waals surface area (Å²) in [5, 5.41) is 1.93. The molecule has 2 aromatic rings. The highest BCUT2D eigenvalue weighted by Crippen LogP contribution is 2.31. The maximum atomic E-state index is 11.8. The molecule has 0 N–H and O–H groups in total. The predicted octanol–water partition coefficient (Wildman–Crippen LogP) is 3.38. The number of thioether (sulfide) groups is 1. The van der Waals surface area contributed by atoms with Crippen molar-refractivity contribution in [2.75, 3.05) is 14.1 Å². The fraction of sp³-hybridized carbons (Fsp3) is 0.286. The van der Waals surface area contributed by atoms with Crippen LogP contribution < -0.4 is 0 Å². The van der Waals surface area contributed by atoms with Crippen LogP contribution in [0.5, 0.6) is 0 Å². The monoisotopic (exact) mass is 292 g/mol.